The molecule has 0 radical (unpaired) electrons. The second kappa shape index (κ2) is 7.32. The summed E-state index contributed by atoms with van der Waals surface area (Å²) < 4.78 is 29.2. The van der Waals surface area contributed by atoms with Gasteiger partial charge >= 0.3 is 0 Å². The Labute approximate surface area is 124 Å². The number of hydrogen-bond acceptors (Lipinski definition) is 5. The van der Waals surface area contributed by atoms with Gasteiger partial charge in [-0.05, 0) is 25.1 Å². The number of nitrogen functional groups attached to an aromatic ring is 1. The van der Waals surface area contributed by atoms with Gasteiger partial charge in [-0.15, -0.1) is 12.4 Å². The summed E-state index contributed by atoms with van der Waals surface area (Å²) in [5.41, 5.74) is 6.54. The quantitative estimate of drug-likeness (QED) is 0.686. The third-order valence-electron chi connectivity index (χ3n) is 2.28. The predicted octanol–water partition coefficient (Wildman–Crippen LogP) is 0.575. The topological polar surface area (TPSA) is 111 Å². The molecule has 0 fully saturated rings. The van der Waals surface area contributed by atoms with E-state index in [1.165, 1.54) is 20.1 Å². The maximum Gasteiger partial charge on any atom is 0.242 e. The molecule has 9 heteroatoms. The summed E-state index contributed by atoms with van der Waals surface area (Å²) >= 11 is 0. The summed E-state index contributed by atoms with van der Waals surface area (Å²) in [5.74, 6) is 0.0234. The summed E-state index contributed by atoms with van der Waals surface area (Å²) in [6.45, 7) is 1.45. The molecule has 0 heterocycles. The number of nitrogens with one attached hydrogen (secondary N) is 2. The van der Waals surface area contributed by atoms with Crippen LogP contribution in [-0.2, 0) is 14.8 Å². The number of carbonyl (C=O) groups is 1. The molecule has 0 aliphatic rings. The van der Waals surface area contributed by atoms with Crippen LogP contribution in [0.2, 0.25) is 0 Å². The van der Waals surface area contributed by atoms with Crippen LogP contribution in [0.4, 0.5) is 11.4 Å². The lowest BCUT2D eigenvalue weighted by molar-refractivity contribution is -0.117. The van der Waals surface area contributed by atoms with Gasteiger partial charge in [0.25, 0.3) is 0 Å². The molecule has 1 atom stereocenters. The highest BCUT2D eigenvalue weighted by Crippen LogP contribution is 2.24. The SMILES string of the molecule is COc1ccc(NC(=O)C(C)NS(C)(=O)=O)cc1N.Cl. The third kappa shape index (κ3) is 5.64. The number of ether oxygens (including phenoxy) is 1. The number of anilines is 2. The molecule has 20 heavy (non-hydrogen) atoms. The van der Waals surface area contributed by atoms with Crippen molar-refractivity contribution < 1.29 is 17.9 Å². The molecular formula is C11H18ClN3O4S. The Hall–Kier alpha value is -1.51. The van der Waals surface area contributed by atoms with Gasteiger partial charge in [0.15, 0.2) is 0 Å². The minimum atomic E-state index is -3.44. The molecule has 0 saturated carbocycles. The van der Waals surface area contributed by atoms with Crippen molar-refractivity contribution in [2.45, 2.75) is 13.0 Å². The van der Waals surface area contributed by atoms with Gasteiger partial charge in [-0.25, -0.2) is 13.1 Å². The van der Waals surface area contributed by atoms with Gasteiger partial charge in [0, 0.05) is 5.69 Å². The molecule has 1 aromatic rings. The zero-order valence-corrected chi connectivity index (χ0v) is 13.0. The average molecular weight is 324 g/mol. The smallest absolute Gasteiger partial charge is 0.242 e. The molecule has 0 bridgehead atoms. The highest BCUT2D eigenvalue weighted by atomic mass is 35.5. The monoisotopic (exact) mass is 323 g/mol. The minimum Gasteiger partial charge on any atom is -0.495 e. The maximum atomic E-state index is 11.7. The molecule has 0 saturated heterocycles. The maximum absolute atomic E-state index is 11.7. The number of hydrogen-bond donors (Lipinski definition) is 3. The number of rotatable bonds is 5. The Kier molecular flexibility index (Phi) is 6.77. The molecule has 1 rings (SSSR count). The molecule has 1 unspecified atom stereocenters. The largest absolute Gasteiger partial charge is 0.495 e. The predicted molar refractivity (Wildman–Crippen MR) is 80.7 cm³/mol. The summed E-state index contributed by atoms with van der Waals surface area (Å²) in [5, 5.41) is 2.55. The molecule has 1 amide bonds. The fraction of sp³-hybridized carbons (Fsp3) is 0.364. The van der Waals surface area contributed by atoms with Crippen LogP contribution in [-0.4, -0.2) is 33.7 Å². The normalized spacial score (nSPS) is 12.2. The van der Waals surface area contributed by atoms with Gasteiger partial charge in [0.1, 0.15) is 5.75 Å². The van der Waals surface area contributed by atoms with Crippen LogP contribution in [0.15, 0.2) is 18.2 Å². The van der Waals surface area contributed by atoms with Crippen molar-refractivity contribution >= 4 is 39.7 Å². The Bertz CT molecular complexity index is 577. The van der Waals surface area contributed by atoms with Crippen molar-refractivity contribution in [3.05, 3.63) is 18.2 Å². The van der Waals surface area contributed by atoms with E-state index in [0.29, 0.717) is 17.1 Å². The molecule has 114 valence electrons. The first-order valence-corrected chi connectivity index (χ1v) is 7.34. The van der Waals surface area contributed by atoms with Gasteiger partial charge in [0.2, 0.25) is 15.9 Å². The lowest BCUT2D eigenvalue weighted by Gasteiger charge is -2.13. The molecule has 4 N–H and O–H groups in total. The number of methoxy groups -OCH3 is 1. The van der Waals surface area contributed by atoms with E-state index in [9.17, 15) is 13.2 Å². The van der Waals surface area contributed by atoms with Crippen LogP contribution >= 0.6 is 12.4 Å². The van der Waals surface area contributed by atoms with E-state index in [2.05, 4.69) is 10.0 Å². The van der Waals surface area contributed by atoms with E-state index in [0.717, 1.165) is 6.26 Å². The van der Waals surface area contributed by atoms with Crippen LogP contribution in [0, 0.1) is 0 Å². The molecule has 0 aromatic heterocycles. The lowest BCUT2D eigenvalue weighted by Crippen LogP contribution is -2.40. The van der Waals surface area contributed by atoms with Crippen molar-refractivity contribution in [1.29, 1.82) is 0 Å². The first kappa shape index (κ1) is 18.5. The van der Waals surface area contributed by atoms with Gasteiger partial charge in [-0.2, -0.15) is 0 Å². The number of benzene rings is 1. The molecule has 0 aliphatic carbocycles. The Morgan fingerprint density at radius 3 is 2.45 bits per heavy atom. The Morgan fingerprint density at radius 1 is 1.40 bits per heavy atom. The van der Waals surface area contributed by atoms with E-state index in [1.54, 1.807) is 12.1 Å². The van der Waals surface area contributed by atoms with Crippen LogP contribution in [0.25, 0.3) is 0 Å². The zero-order chi connectivity index (χ0) is 14.6. The summed E-state index contributed by atoms with van der Waals surface area (Å²) in [7, 11) is -1.95. The van der Waals surface area contributed by atoms with Crippen molar-refractivity contribution in [3.63, 3.8) is 0 Å². The van der Waals surface area contributed by atoms with Crippen molar-refractivity contribution in [2.24, 2.45) is 0 Å². The average Bonchev–Trinajstić information content (AvgIpc) is 2.27. The number of carbonyl (C=O) groups excluding carboxylic acids is 1. The summed E-state index contributed by atoms with van der Waals surface area (Å²) in [6.07, 6.45) is 0.988. The van der Waals surface area contributed by atoms with Crippen LogP contribution in [0.1, 0.15) is 6.92 Å². The van der Waals surface area contributed by atoms with E-state index in [4.69, 9.17) is 10.5 Å². The molecule has 7 nitrogen and oxygen atoms in total. The van der Waals surface area contributed by atoms with Gasteiger partial charge in [-0.1, -0.05) is 0 Å². The van der Waals surface area contributed by atoms with Gasteiger partial charge in [-0.3, -0.25) is 4.79 Å². The summed E-state index contributed by atoms with van der Waals surface area (Å²) in [6, 6.07) is 3.88. The molecule has 0 aliphatic heterocycles. The van der Waals surface area contributed by atoms with Gasteiger partial charge < -0.3 is 15.8 Å². The molecule has 1 aromatic carbocycles. The Morgan fingerprint density at radius 2 is 2.00 bits per heavy atom. The minimum absolute atomic E-state index is 0. The standard InChI is InChI=1S/C11H17N3O4S.ClH/c1-7(14-19(3,16)17)11(15)13-8-4-5-10(18-2)9(12)6-8;/h4-7,14H,12H2,1-3H3,(H,13,15);1H. The van der Waals surface area contributed by atoms with Crippen molar-refractivity contribution in [1.82, 2.24) is 4.72 Å². The van der Waals surface area contributed by atoms with E-state index >= 15 is 0 Å². The highest BCUT2D eigenvalue weighted by molar-refractivity contribution is 7.88. The summed E-state index contributed by atoms with van der Waals surface area (Å²) in [4.78, 5) is 11.7. The van der Waals surface area contributed by atoms with Crippen LogP contribution in [0.3, 0.4) is 0 Å². The number of halogens is 1. The van der Waals surface area contributed by atoms with Crippen molar-refractivity contribution in [2.75, 3.05) is 24.4 Å². The van der Waals surface area contributed by atoms with E-state index < -0.39 is 22.0 Å². The second-order valence-electron chi connectivity index (χ2n) is 4.06. The van der Waals surface area contributed by atoms with Crippen LogP contribution in [0.5, 0.6) is 5.75 Å². The fourth-order valence-corrected chi connectivity index (χ4v) is 2.19. The Balaban J connectivity index is 0.00000361. The number of amides is 1. The fourth-order valence-electron chi connectivity index (χ4n) is 1.44. The second-order valence-corrected chi connectivity index (χ2v) is 5.84. The zero-order valence-electron chi connectivity index (χ0n) is 11.3. The molecular weight excluding hydrogens is 306 g/mol. The number of nitrogens with two attached hydrogens (primary N) is 1. The number of sulfonamides is 1. The third-order valence-corrected chi connectivity index (χ3v) is 3.06. The first-order chi connectivity index (χ1) is 8.73. The van der Waals surface area contributed by atoms with Crippen molar-refractivity contribution in [3.8, 4) is 5.75 Å². The first-order valence-electron chi connectivity index (χ1n) is 5.44. The van der Waals surface area contributed by atoms with Crippen LogP contribution < -0.4 is 20.5 Å². The van der Waals surface area contributed by atoms with Gasteiger partial charge in [0.05, 0.1) is 25.1 Å². The lowest BCUT2D eigenvalue weighted by atomic mass is 10.2. The van der Waals surface area contributed by atoms with E-state index in [-0.39, 0.29) is 12.4 Å². The molecule has 0 spiro atoms. The highest BCUT2D eigenvalue weighted by Gasteiger charge is 2.17. The van der Waals surface area contributed by atoms with E-state index in [1.807, 2.05) is 0 Å².